The summed E-state index contributed by atoms with van der Waals surface area (Å²) in [5, 5.41) is 0.629. The van der Waals surface area contributed by atoms with Crippen LogP contribution in [0.5, 0.6) is 0 Å². The Bertz CT molecular complexity index is 580. The van der Waals surface area contributed by atoms with Crippen molar-refractivity contribution < 1.29 is 0 Å². The molecular weight excluding hydrogens is 279 g/mol. The van der Waals surface area contributed by atoms with Gasteiger partial charge in [0.25, 0.3) is 0 Å². The molecule has 0 N–H and O–H groups in total. The number of aryl methyl sites for hydroxylation is 1. The molecule has 1 atom stereocenters. The fourth-order valence-electron chi connectivity index (χ4n) is 2.10. The van der Waals surface area contributed by atoms with E-state index in [0.717, 1.165) is 34.8 Å². The molecule has 0 radical (unpaired) electrons. The van der Waals surface area contributed by atoms with E-state index in [2.05, 4.69) is 30.3 Å². The van der Waals surface area contributed by atoms with Crippen LogP contribution in [0.15, 0.2) is 18.2 Å². The second-order valence-electron chi connectivity index (χ2n) is 6.18. The summed E-state index contributed by atoms with van der Waals surface area (Å²) in [4.78, 5) is 4.63. The Labute approximate surface area is 124 Å². The number of benzene rings is 1. The summed E-state index contributed by atoms with van der Waals surface area (Å²) in [6, 6.07) is 5.79. The third kappa shape index (κ3) is 3.43. The molecule has 1 aromatic carbocycles. The molecule has 0 aliphatic heterocycles. The fourth-order valence-corrected chi connectivity index (χ4v) is 2.43. The predicted molar refractivity (Wildman–Crippen MR) is 83.1 cm³/mol. The maximum absolute atomic E-state index is 6.25. The van der Waals surface area contributed by atoms with Gasteiger partial charge in [0.2, 0.25) is 0 Å². The Morgan fingerprint density at radius 1 is 1.32 bits per heavy atom. The van der Waals surface area contributed by atoms with Crippen LogP contribution >= 0.6 is 23.2 Å². The smallest absolute Gasteiger partial charge is 0.127 e. The predicted octanol–water partition coefficient (Wildman–Crippen LogP) is 5.43. The zero-order valence-corrected chi connectivity index (χ0v) is 13.4. The zero-order chi connectivity index (χ0) is 14.2. The van der Waals surface area contributed by atoms with Crippen LogP contribution in [0.25, 0.3) is 11.0 Å². The average Bonchev–Trinajstić information content (AvgIpc) is 2.63. The first-order valence-corrected chi connectivity index (χ1v) is 7.39. The van der Waals surface area contributed by atoms with E-state index in [4.69, 9.17) is 23.2 Å². The molecule has 4 heteroatoms. The van der Waals surface area contributed by atoms with Crippen LogP contribution in [0.2, 0.25) is 5.02 Å². The van der Waals surface area contributed by atoms with Crippen LogP contribution in [0.1, 0.15) is 45.3 Å². The van der Waals surface area contributed by atoms with Crippen molar-refractivity contribution in [3.05, 3.63) is 29.0 Å². The van der Waals surface area contributed by atoms with Gasteiger partial charge in [-0.25, -0.2) is 4.98 Å². The van der Waals surface area contributed by atoms with Gasteiger partial charge in [0, 0.05) is 11.6 Å². The lowest BCUT2D eigenvalue weighted by atomic mass is 9.92. The Hall–Kier alpha value is -0.730. The molecule has 0 aliphatic rings. The summed E-state index contributed by atoms with van der Waals surface area (Å²) >= 11 is 12.3. The number of nitrogens with zero attached hydrogens (tertiary/aromatic N) is 2. The largest absolute Gasteiger partial charge is 0.327 e. The molecule has 2 nitrogen and oxygen atoms in total. The number of halogens is 2. The topological polar surface area (TPSA) is 17.8 Å². The summed E-state index contributed by atoms with van der Waals surface area (Å²) in [5.41, 5.74) is 2.31. The molecule has 0 bridgehead atoms. The summed E-state index contributed by atoms with van der Waals surface area (Å²) in [6.07, 6.45) is 1.07. The highest BCUT2D eigenvalue weighted by molar-refractivity contribution is 6.31. The van der Waals surface area contributed by atoms with Crippen molar-refractivity contribution in [2.75, 3.05) is 0 Å². The minimum absolute atomic E-state index is 0.105. The summed E-state index contributed by atoms with van der Waals surface area (Å²) in [7, 11) is 0. The second-order valence-corrected chi connectivity index (χ2v) is 7.27. The number of fused-ring (bicyclic) bond motifs is 1. The van der Waals surface area contributed by atoms with Crippen molar-refractivity contribution in [3.8, 4) is 0 Å². The first-order chi connectivity index (χ1) is 8.78. The van der Waals surface area contributed by atoms with E-state index in [1.54, 1.807) is 0 Å². The third-order valence-electron chi connectivity index (χ3n) is 3.18. The number of alkyl halides is 1. The lowest BCUT2D eigenvalue weighted by Gasteiger charge is -2.20. The van der Waals surface area contributed by atoms with E-state index in [1.165, 1.54) is 0 Å². The quantitative estimate of drug-likeness (QED) is 0.691. The van der Waals surface area contributed by atoms with Gasteiger partial charge in [-0.05, 0) is 37.0 Å². The molecule has 1 aromatic heterocycles. The van der Waals surface area contributed by atoms with E-state index in [9.17, 15) is 0 Å². The van der Waals surface area contributed by atoms with Crippen molar-refractivity contribution in [1.29, 1.82) is 0 Å². The van der Waals surface area contributed by atoms with Crippen LogP contribution in [0.3, 0.4) is 0 Å². The molecular formula is C15H20Cl2N2. The van der Waals surface area contributed by atoms with Gasteiger partial charge in [-0.1, -0.05) is 32.4 Å². The Morgan fingerprint density at radius 3 is 2.58 bits per heavy atom. The van der Waals surface area contributed by atoms with Gasteiger partial charge in [0.15, 0.2) is 0 Å². The highest BCUT2D eigenvalue weighted by atomic mass is 35.5. The molecule has 0 aliphatic carbocycles. The van der Waals surface area contributed by atoms with E-state index in [1.807, 2.05) is 25.1 Å². The van der Waals surface area contributed by atoms with Crippen molar-refractivity contribution in [2.24, 2.45) is 5.41 Å². The second kappa shape index (κ2) is 5.34. The number of rotatable bonds is 3. The van der Waals surface area contributed by atoms with Crippen LogP contribution < -0.4 is 0 Å². The normalized spacial score (nSPS) is 14.0. The Balaban J connectivity index is 2.48. The van der Waals surface area contributed by atoms with Gasteiger partial charge in [-0.15, -0.1) is 11.6 Å². The molecule has 1 heterocycles. The van der Waals surface area contributed by atoms with Gasteiger partial charge in [0.05, 0.1) is 16.4 Å². The van der Waals surface area contributed by atoms with E-state index in [-0.39, 0.29) is 10.8 Å². The van der Waals surface area contributed by atoms with Gasteiger partial charge in [-0.2, -0.15) is 0 Å². The first-order valence-electron chi connectivity index (χ1n) is 6.58. The number of hydrogen-bond acceptors (Lipinski definition) is 1. The molecule has 104 valence electrons. The fraction of sp³-hybridized carbons (Fsp3) is 0.533. The van der Waals surface area contributed by atoms with Gasteiger partial charge in [0.1, 0.15) is 5.82 Å². The van der Waals surface area contributed by atoms with Gasteiger partial charge < -0.3 is 4.57 Å². The van der Waals surface area contributed by atoms with E-state index < -0.39 is 0 Å². The molecule has 0 amide bonds. The molecule has 1 unspecified atom stereocenters. The molecule has 0 spiro atoms. The summed E-state index contributed by atoms with van der Waals surface area (Å²) in [5.74, 6) is 0.920. The molecule has 0 saturated carbocycles. The van der Waals surface area contributed by atoms with Crippen molar-refractivity contribution in [2.45, 2.75) is 46.0 Å². The van der Waals surface area contributed by atoms with Crippen molar-refractivity contribution in [3.63, 3.8) is 0 Å². The maximum atomic E-state index is 6.25. The SMILES string of the molecule is CC(Cl)c1nc2ccc(Cl)cc2n1CCC(C)(C)C. The standard InChI is InChI=1S/C15H20Cl2N2/c1-10(16)14-18-12-6-5-11(17)9-13(12)19(14)8-7-15(2,3)4/h5-6,9-10H,7-8H2,1-4H3. The molecule has 19 heavy (non-hydrogen) atoms. The zero-order valence-electron chi connectivity index (χ0n) is 11.9. The molecule has 0 fully saturated rings. The average molecular weight is 299 g/mol. The number of hydrogen-bond donors (Lipinski definition) is 0. The lowest BCUT2D eigenvalue weighted by molar-refractivity contribution is 0.350. The number of aromatic nitrogens is 2. The lowest BCUT2D eigenvalue weighted by Crippen LogP contribution is -2.12. The third-order valence-corrected chi connectivity index (χ3v) is 3.61. The molecule has 2 aromatic rings. The molecule has 0 saturated heterocycles. The first kappa shape index (κ1) is 14.7. The number of imidazole rings is 1. The summed E-state index contributed by atoms with van der Waals surface area (Å²) < 4.78 is 2.20. The minimum Gasteiger partial charge on any atom is -0.327 e. The van der Waals surface area contributed by atoms with Gasteiger partial charge >= 0.3 is 0 Å². The van der Waals surface area contributed by atoms with Crippen molar-refractivity contribution in [1.82, 2.24) is 9.55 Å². The van der Waals surface area contributed by atoms with Gasteiger partial charge in [-0.3, -0.25) is 0 Å². The van der Waals surface area contributed by atoms with Crippen LogP contribution in [-0.2, 0) is 6.54 Å². The van der Waals surface area contributed by atoms with Crippen LogP contribution in [-0.4, -0.2) is 9.55 Å². The monoisotopic (exact) mass is 298 g/mol. The highest BCUT2D eigenvalue weighted by Crippen LogP contribution is 2.29. The van der Waals surface area contributed by atoms with Crippen molar-refractivity contribution >= 4 is 34.2 Å². The molecule has 2 rings (SSSR count). The summed E-state index contributed by atoms with van der Waals surface area (Å²) in [6.45, 7) is 9.58. The Kier molecular flexibility index (Phi) is 4.12. The van der Waals surface area contributed by atoms with E-state index in [0.29, 0.717) is 0 Å². The minimum atomic E-state index is -0.105. The van der Waals surface area contributed by atoms with Crippen LogP contribution in [0, 0.1) is 5.41 Å². The van der Waals surface area contributed by atoms with E-state index >= 15 is 0 Å². The maximum Gasteiger partial charge on any atom is 0.127 e. The van der Waals surface area contributed by atoms with Crippen LogP contribution in [0.4, 0.5) is 0 Å². The Morgan fingerprint density at radius 2 is 2.00 bits per heavy atom. The highest BCUT2D eigenvalue weighted by Gasteiger charge is 2.17.